The van der Waals surface area contributed by atoms with Gasteiger partial charge in [-0.3, -0.25) is 4.79 Å². The maximum absolute atomic E-state index is 13.0. The van der Waals surface area contributed by atoms with Crippen molar-refractivity contribution in [1.82, 2.24) is 5.32 Å². The number of thiophene rings is 1. The minimum atomic E-state index is -0.238. The Kier molecular flexibility index (Phi) is 5.98. The highest BCUT2D eigenvalue weighted by Gasteiger charge is 2.21. The van der Waals surface area contributed by atoms with E-state index in [0.717, 1.165) is 10.4 Å². The number of hydrogen-bond acceptors (Lipinski definition) is 5. The number of methoxy groups -OCH3 is 3. The first-order valence-corrected chi connectivity index (χ1v) is 9.25. The third-order valence-corrected chi connectivity index (χ3v) is 5.10. The Morgan fingerprint density at radius 1 is 0.926 bits per heavy atom. The second-order valence-electron chi connectivity index (χ2n) is 5.75. The van der Waals surface area contributed by atoms with Crippen molar-refractivity contribution in [1.29, 1.82) is 0 Å². The van der Waals surface area contributed by atoms with Crippen LogP contribution in [-0.2, 0) is 0 Å². The van der Waals surface area contributed by atoms with Crippen LogP contribution in [0, 0.1) is 0 Å². The molecule has 5 nitrogen and oxygen atoms in total. The molecule has 0 aliphatic carbocycles. The van der Waals surface area contributed by atoms with Gasteiger partial charge in [-0.05, 0) is 29.1 Å². The zero-order chi connectivity index (χ0) is 19.2. The summed E-state index contributed by atoms with van der Waals surface area (Å²) in [5.74, 6) is 1.11. The maximum Gasteiger partial charge on any atom is 0.252 e. The van der Waals surface area contributed by atoms with Crippen molar-refractivity contribution in [2.75, 3.05) is 21.3 Å². The fraction of sp³-hybridized carbons (Fsp3) is 0.190. The summed E-state index contributed by atoms with van der Waals surface area (Å²) in [5, 5.41) is 5.11. The highest BCUT2D eigenvalue weighted by atomic mass is 32.1. The topological polar surface area (TPSA) is 56.8 Å². The van der Waals surface area contributed by atoms with Gasteiger partial charge in [0.05, 0.1) is 27.4 Å². The lowest BCUT2D eigenvalue weighted by Crippen LogP contribution is -2.28. The van der Waals surface area contributed by atoms with Gasteiger partial charge in [0.25, 0.3) is 5.91 Å². The molecule has 0 unspecified atom stereocenters. The van der Waals surface area contributed by atoms with Crippen molar-refractivity contribution < 1.29 is 19.0 Å². The molecule has 0 spiro atoms. The Bertz CT molecular complexity index is 869. The van der Waals surface area contributed by atoms with Gasteiger partial charge in [-0.15, -0.1) is 11.3 Å². The molecule has 0 fully saturated rings. The van der Waals surface area contributed by atoms with E-state index in [0.29, 0.717) is 22.8 Å². The lowest BCUT2D eigenvalue weighted by molar-refractivity contribution is 0.0942. The number of nitrogens with one attached hydrogen (secondary N) is 1. The molecule has 140 valence electrons. The van der Waals surface area contributed by atoms with Crippen LogP contribution in [0.3, 0.4) is 0 Å². The van der Waals surface area contributed by atoms with E-state index in [1.54, 1.807) is 23.5 Å². The molecule has 0 bridgehead atoms. The van der Waals surface area contributed by atoms with Crippen molar-refractivity contribution >= 4 is 17.2 Å². The number of benzene rings is 2. The first-order chi connectivity index (χ1) is 13.2. The van der Waals surface area contributed by atoms with Crippen molar-refractivity contribution in [2.45, 2.75) is 6.04 Å². The monoisotopic (exact) mass is 383 g/mol. The smallest absolute Gasteiger partial charge is 0.252 e. The van der Waals surface area contributed by atoms with E-state index in [1.165, 1.54) is 21.3 Å². The second-order valence-corrected chi connectivity index (χ2v) is 6.73. The largest absolute Gasteiger partial charge is 0.493 e. The minimum Gasteiger partial charge on any atom is -0.493 e. The molecular weight excluding hydrogens is 362 g/mol. The molecule has 1 amide bonds. The molecule has 0 saturated carbocycles. The number of ether oxygens (including phenoxy) is 3. The molecule has 1 N–H and O–H groups in total. The predicted octanol–water partition coefficient (Wildman–Crippen LogP) is 4.29. The summed E-state index contributed by atoms with van der Waals surface area (Å²) in [6.07, 6.45) is 0. The van der Waals surface area contributed by atoms with E-state index in [-0.39, 0.29) is 11.9 Å². The zero-order valence-corrected chi connectivity index (χ0v) is 16.2. The van der Waals surface area contributed by atoms with Crippen LogP contribution < -0.4 is 19.5 Å². The predicted molar refractivity (Wildman–Crippen MR) is 106 cm³/mol. The SMILES string of the molecule is COc1cc(C(=O)N[C@H](c2ccccc2)c2cccs2)cc(OC)c1OC. The van der Waals surface area contributed by atoms with Crippen LogP contribution in [-0.4, -0.2) is 27.2 Å². The first-order valence-electron chi connectivity index (χ1n) is 8.37. The van der Waals surface area contributed by atoms with E-state index >= 15 is 0 Å². The fourth-order valence-corrected chi connectivity index (χ4v) is 3.65. The van der Waals surface area contributed by atoms with Crippen molar-refractivity contribution in [2.24, 2.45) is 0 Å². The summed E-state index contributed by atoms with van der Waals surface area (Å²) < 4.78 is 16.0. The van der Waals surface area contributed by atoms with Crippen molar-refractivity contribution in [3.05, 3.63) is 76.0 Å². The normalized spacial score (nSPS) is 11.5. The van der Waals surface area contributed by atoms with Gasteiger partial charge in [0, 0.05) is 10.4 Å². The van der Waals surface area contributed by atoms with E-state index in [2.05, 4.69) is 5.32 Å². The average Bonchev–Trinajstić information content (AvgIpc) is 3.25. The van der Waals surface area contributed by atoms with Gasteiger partial charge in [-0.2, -0.15) is 0 Å². The molecule has 6 heteroatoms. The lowest BCUT2D eigenvalue weighted by atomic mass is 10.0. The summed E-state index contributed by atoms with van der Waals surface area (Å²) in [7, 11) is 4.58. The highest BCUT2D eigenvalue weighted by molar-refractivity contribution is 7.10. The second kappa shape index (κ2) is 8.60. The quantitative estimate of drug-likeness (QED) is 0.661. The van der Waals surface area contributed by atoms with Gasteiger partial charge < -0.3 is 19.5 Å². The Hall–Kier alpha value is -2.99. The number of carbonyl (C=O) groups is 1. The van der Waals surface area contributed by atoms with E-state index in [1.807, 2.05) is 47.8 Å². The molecule has 0 aliphatic rings. The Morgan fingerprint density at radius 2 is 1.59 bits per heavy atom. The van der Waals surface area contributed by atoms with Crippen LogP contribution in [0.15, 0.2) is 60.0 Å². The van der Waals surface area contributed by atoms with Gasteiger partial charge in [0.1, 0.15) is 0 Å². The summed E-state index contributed by atoms with van der Waals surface area (Å²) >= 11 is 1.60. The third kappa shape index (κ3) is 4.06. The summed E-state index contributed by atoms with van der Waals surface area (Å²) in [5.41, 5.74) is 1.45. The van der Waals surface area contributed by atoms with Gasteiger partial charge in [-0.1, -0.05) is 36.4 Å². The van der Waals surface area contributed by atoms with Gasteiger partial charge in [0.2, 0.25) is 5.75 Å². The van der Waals surface area contributed by atoms with E-state index < -0.39 is 0 Å². The van der Waals surface area contributed by atoms with Crippen LogP contribution in [0.5, 0.6) is 17.2 Å². The first kappa shape index (κ1) is 18.8. The molecule has 2 aromatic carbocycles. The standard InChI is InChI=1S/C21H21NO4S/c1-24-16-12-15(13-17(25-2)20(16)26-3)21(23)22-19(18-10-7-11-27-18)14-8-5-4-6-9-14/h4-13,19H,1-3H3,(H,22,23)/t19-/m1/s1. The van der Waals surface area contributed by atoms with Crippen molar-refractivity contribution in [3.63, 3.8) is 0 Å². The molecule has 0 aliphatic heterocycles. The number of carbonyl (C=O) groups excluding carboxylic acids is 1. The fourth-order valence-electron chi connectivity index (χ4n) is 2.85. The van der Waals surface area contributed by atoms with E-state index in [9.17, 15) is 4.79 Å². The lowest BCUT2D eigenvalue weighted by Gasteiger charge is -2.19. The average molecular weight is 383 g/mol. The van der Waals surface area contributed by atoms with Crippen molar-refractivity contribution in [3.8, 4) is 17.2 Å². The van der Waals surface area contributed by atoms with E-state index in [4.69, 9.17) is 14.2 Å². The maximum atomic E-state index is 13.0. The molecule has 1 atom stereocenters. The molecule has 0 radical (unpaired) electrons. The zero-order valence-electron chi connectivity index (χ0n) is 15.4. The van der Waals surface area contributed by atoms with Crippen LogP contribution in [0.4, 0.5) is 0 Å². The Balaban J connectivity index is 1.95. The minimum absolute atomic E-state index is 0.225. The van der Waals surface area contributed by atoms with Gasteiger partial charge in [-0.25, -0.2) is 0 Å². The summed E-state index contributed by atoms with van der Waals surface area (Å²) in [6, 6.07) is 16.9. The molecule has 27 heavy (non-hydrogen) atoms. The van der Waals surface area contributed by atoms with Crippen LogP contribution >= 0.6 is 11.3 Å². The molecular formula is C21H21NO4S. The summed E-state index contributed by atoms with van der Waals surface area (Å²) in [4.78, 5) is 14.1. The van der Waals surface area contributed by atoms with Crippen LogP contribution in [0.25, 0.3) is 0 Å². The molecule has 3 rings (SSSR count). The van der Waals surface area contributed by atoms with Crippen LogP contribution in [0.1, 0.15) is 26.8 Å². The Morgan fingerprint density at radius 3 is 2.11 bits per heavy atom. The molecule has 1 aromatic heterocycles. The van der Waals surface area contributed by atoms with Gasteiger partial charge in [0.15, 0.2) is 11.5 Å². The molecule has 0 saturated heterocycles. The Labute approximate surface area is 162 Å². The highest BCUT2D eigenvalue weighted by Crippen LogP contribution is 2.38. The molecule has 1 heterocycles. The number of rotatable bonds is 7. The number of hydrogen-bond donors (Lipinski definition) is 1. The summed E-state index contributed by atoms with van der Waals surface area (Å²) in [6.45, 7) is 0. The number of amides is 1. The molecule has 3 aromatic rings. The third-order valence-electron chi connectivity index (χ3n) is 4.16. The van der Waals surface area contributed by atoms with Crippen LogP contribution in [0.2, 0.25) is 0 Å². The van der Waals surface area contributed by atoms with Gasteiger partial charge >= 0.3 is 0 Å².